The summed E-state index contributed by atoms with van der Waals surface area (Å²) in [4.78, 5) is 24.2. The van der Waals surface area contributed by atoms with Crippen LogP contribution in [0, 0.1) is 6.92 Å². The number of urea groups is 2. The van der Waals surface area contributed by atoms with Crippen LogP contribution in [0.2, 0.25) is 0 Å². The number of para-hydroxylation sites is 1. The summed E-state index contributed by atoms with van der Waals surface area (Å²) in [6.07, 6.45) is 3.47. The molecule has 4 amide bonds. The largest absolute Gasteiger partial charge is 0.338 e. The second-order valence-corrected chi connectivity index (χ2v) is 6.53. The molecule has 0 bridgehead atoms. The highest BCUT2D eigenvalue weighted by Crippen LogP contribution is 2.16. The van der Waals surface area contributed by atoms with Crippen LogP contribution in [-0.4, -0.2) is 28.8 Å². The maximum atomic E-state index is 12.1. The molecule has 0 fully saturated rings. The van der Waals surface area contributed by atoms with Crippen molar-refractivity contribution in [3.63, 3.8) is 0 Å². The number of hydrogen-bond donors (Lipinski definition) is 5. The second kappa shape index (κ2) is 9.93. The first kappa shape index (κ1) is 19.9. The second-order valence-electron chi connectivity index (χ2n) is 6.53. The molecule has 1 aromatic heterocycles. The lowest BCUT2D eigenvalue weighted by molar-refractivity contribution is 0.252. The Labute approximate surface area is 169 Å². The van der Waals surface area contributed by atoms with Crippen molar-refractivity contribution in [2.75, 3.05) is 22.5 Å². The number of anilines is 3. The van der Waals surface area contributed by atoms with Gasteiger partial charge in [0.05, 0.1) is 6.20 Å². The number of hydrogen-bond acceptors (Lipinski definition) is 3. The van der Waals surface area contributed by atoms with Gasteiger partial charge in [-0.1, -0.05) is 24.3 Å². The molecule has 3 rings (SSSR count). The van der Waals surface area contributed by atoms with E-state index >= 15 is 0 Å². The number of nitrogens with zero attached hydrogens (tertiary/aromatic N) is 1. The van der Waals surface area contributed by atoms with Crippen LogP contribution >= 0.6 is 0 Å². The van der Waals surface area contributed by atoms with Crippen molar-refractivity contribution in [3.8, 4) is 0 Å². The van der Waals surface area contributed by atoms with Crippen LogP contribution in [0.4, 0.5) is 26.7 Å². The van der Waals surface area contributed by atoms with E-state index in [-0.39, 0.29) is 12.1 Å². The van der Waals surface area contributed by atoms with Gasteiger partial charge in [-0.05, 0) is 55.7 Å². The first-order valence-electron chi connectivity index (χ1n) is 9.37. The van der Waals surface area contributed by atoms with E-state index in [0.29, 0.717) is 23.6 Å². The standard InChI is InChI=1S/C21H24N6O2/c1-15-16(14-23-27-15)7-6-12-22-20(28)25-18-10-5-11-19(13-18)26-21(29)24-17-8-3-2-4-9-17/h2-5,8-11,13-14H,6-7,12H2,1H3,(H,23,27)(H2,22,25,28)(H2,24,26,29). The van der Waals surface area contributed by atoms with Gasteiger partial charge < -0.3 is 21.3 Å². The maximum Gasteiger partial charge on any atom is 0.323 e. The van der Waals surface area contributed by atoms with Crippen LogP contribution in [-0.2, 0) is 6.42 Å². The summed E-state index contributed by atoms with van der Waals surface area (Å²) in [6, 6.07) is 15.5. The number of amides is 4. The summed E-state index contributed by atoms with van der Waals surface area (Å²) < 4.78 is 0. The number of aryl methyl sites for hydroxylation is 2. The molecule has 3 aromatic rings. The molecule has 0 atom stereocenters. The van der Waals surface area contributed by atoms with Gasteiger partial charge in [-0.2, -0.15) is 5.10 Å². The average Bonchev–Trinajstić information content (AvgIpc) is 3.11. The van der Waals surface area contributed by atoms with Gasteiger partial charge in [0.25, 0.3) is 0 Å². The molecule has 150 valence electrons. The Balaban J connectivity index is 1.43. The van der Waals surface area contributed by atoms with Crippen molar-refractivity contribution < 1.29 is 9.59 Å². The first-order chi connectivity index (χ1) is 14.1. The molecule has 1 heterocycles. The van der Waals surface area contributed by atoms with Gasteiger partial charge in [0.2, 0.25) is 0 Å². The molecular weight excluding hydrogens is 368 g/mol. The zero-order chi connectivity index (χ0) is 20.5. The predicted molar refractivity (Wildman–Crippen MR) is 114 cm³/mol. The molecule has 0 aliphatic rings. The van der Waals surface area contributed by atoms with Crippen LogP contribution < -0.4 is 21.3 Å². The van der Waals surface area contributed by atoms with Gasteiger partial charge in [-0.25, -0.2) is 9.59 Å². The third-order valence-electron chi connectivity index (χ3n) is 4.25. The average molecular weight is 392 g/mol. The highest BCUT2D eigenvalue weighted by Gasteiger charge is 2.06. The summed E-state index contributed by atoms with van der Waals surface area (Å²) in [5.41, 5.74) is 4.07. The molecule has 0 aliphatic heterocycles. The Morgan fingerprint density at radius 1 is 0.897 bits per heavy atom. The Hall–Kier alpha value is -3.81. The van der Waals surface area contributed by atoms with E-state index in [0.717, 1.165) is 24.1 Å². The summed E-state index contributed by atoms with van der Waals surface area (Å²) in [5, 5.41) is 18.0. The van der Waals surface area contributed by atoms with Crippen molar-refractivity contribution >= 4 is 29.1 Å². The highest BCUT2D eigenvalue weighted by atomic mass is 16.2. The van der Waals surface area contributed by atoms with Crippen LogP contribution in [0.3, 0.4) is 0 Å². The SMILES string of the molecule is Cc1[nH]ncc1CCCNC(=O)Nc1cccc(NC(=O)Nc2ccccc2)c1. The molecule has 0 aliphatic carbocycles. The maximum absolute atomic E-state index is 12.1. The summed E-state index contributed by atoms with van der Waals surface area (Å²) in [7, 11) is 0. The highest BCUT2D eigenvalue weighted by molar-refractivity contribution is 6.00. The van der Waals surface area contributed by atoms with E-state index in [9.17, 15) is 9.59 Å². The third kappa shape index (κ3) is 6.39. The first-order valence-corrected chi connectivity index (χ1v) is 9.37. The molecule has 8 nitrogen and oxygen atoms in total. The Morgan fingerprint density at radius 2 is 1.55 bits per heavy atom. The molecule has 0 saturated carbocycles. The Kier molecular flexibility index (Phi) is 6.83. The van der Waals surface area contributed by atoms with Crippen molar-refractivity contribution in [2.24, 2.45) is 0 Å². The van der Waals surface area contributed by atoms with E-state index < -0.39 is 0 Å². The Morgan fingerprint density at radius 3 is 2.24 bits per heavy atom. The van der Waals surface area contributed by atoms with Crippen LogP contribution in [0.25, 0.3) is 0 Å². The minimum atomic E-state index is -0.354. The van der Waals surface area contributed by atoms with Crippen LogP contribution in [0.1, 0.15) is 17.7 Å². The molecule has 0 spiro atoms. The molecular formula is C21H24N6O2. The van der Waals surface area contributed by atoms with Crippen molar-refractivity contribution in [3.05, 3.63) is 72.1 Å². The smallest absolute Gasteiger partial charge is 0.323 e. The molecule has 2 aromatic carbocycles. The third-order valence-corrected chi connectivity index (χ3v) is 4.25. The summed E-state index contributed by atoms with van der Waals surface area (Å²) in [5.74, 6) is 0. The number of carbonyl (C=O) groups excluding carboxylic acids is 2. The summed E-state index contributed by atoms with van der Waals surface area (Å²) in [6.45, 7) is 2.53. The van der Waals surface area contributed by atoms with Gasteiger partial charge in [0, 0.05) is 29.3 Å². The monoisotopic (exact) mass is 392 g/mol. The fourth-order valence-corrected chi connectivity index (χ4v) is 2.77. The van der Waals surface area contributed by atoms with Crippen molar-refractivity contribution in [1.29, 1.82) is 0 Å². The Bertz CT molecular complexity index is 955. The molecule has 8 heteroatoms. The minimum Gasteiger partial charge on any atom is -0.338 e. The molecule has 0 saturated heterocycles. The lowest BCUT2D eigenvalue weighted by Gasteiger charge is -2.10. The fraction of sp³-hybridized carbons (Fsp3) is 0.190. The number of H-pyrrole nitrogens is 1. The molecule has 29 heavy (non-hydrogen) atoms. The van der Waals surface area contributed by atoms with E-state index in [4.69, 9.17) is 0 Å². The number of aromatic nitrogens is 2. The van der Waals surface area contributed by atoms with E-state index in [1.165, 1.54) is 0 Å². The number of aromatic amines is 1. The van der Waals surface area contributed by atoms with Crippen molar-refractivity contribution in [2.45, 2.75) is 19.8 Å². The van der Waals surface area contributed by atoms with Gasteiger partial charge in [-0.3, -0.25) is 5.10 Å². The normalized spacial score (nSPS) is 10.2. The quantitative estimate of drug-likeness (QED) is 0.390. The lowest BCUT2D eigenvalue weighted by atomic mass is 10.1. The number of rotatable bonds is 7. The minimum absolute atomic E-state index is 0.292. The molecule has 0 unspecified atom stereocenters. The van der Waals surface area contributed by atoms with Gasteiger partial charge in [0.15, 0.2) is 0 Å². The van der Waals surface area contributed by atoms with Crippen LogP contribution in [0.5, 0.6) is 0 Å². The fourth-order valence-electron chi connectivity index (χ4n) is 2.77. The zero-order valence-corrected chi connectivity index (χ0v) is 16.2. The van der Waals surface area contributed by atoms with Gasteiger partial charge in [-0.15, -0.1) is 0 Å². The van der Waals surface area contributed by atoms with Crippen molar-refractivity contribution in [1.82, 2.24) is 15.5 Å². The molecule has 5 N–H and O–H groups in total. The zero-order valence-electron chi connectivity index (χ0n) is 16.2. The summed E-state index contributed by atoms with van der Waals surface area (Å²) >= 11 is 0. The van der Waals surface area contributed by atoms with E-state index in [1.54, 1.807) is 36.4 Å². The van der Waals surface area contributed by atoms with E-state index in [2.05, 4.69) is 31.5 Å². The number of benzene rings is 2. The van der Waals surface area contributed by atoms with Gasteiger partial charge >= 0.3 is 12.1 Å². The van der Waals surface area contributed by atoms with E-state index in [1.807, 2.05) is 31.3 Å². The molecule has 0 radical (unpaired) electrons. The van der Waals surface area contributed by atoms with Gasteiger partial charge in [0.1, 0.15) is 0 Å². The number of nitrogens with one attached hydrogen (secondary N) is 5. The topological polar surface area (TPSA) is 111 Å². The predicted octanol–water partition coefficient (Wildman–Crippen LogP) is 4.12. The lowest BCUT2D eigenvalue weighted by Crippen LogP contribution is -2.29. The van der Waals surface area contributed by atoms with Crippen LogP contribution in [0.15, 0.2) is 60.8 Å². The number of carbonyl (C=O) groups is 2.